The predicted octanol–water partition coefficient (Wildman–Crippen LogP) is 2.25. The van der Waals surface area contributed by atoms with E-state index < -0.39 is 0 Å². The molecule has 1 amide bonds. The lowest BCUT2D eigenvalue weighted by Gasteiger charge is -2.19. The number of carbonyl (C=O) groups excluding carboxylic acids is 1. The van der Waals surface area contributed by atoms with E-state index in [1.165, 1.54) is 4.90 Å². The molecule has 0 spiro atoms. The molecule has 92 valence electrons. The molecule has 4 nitrogen and oxygen atoms in total. The minimum absolute atomic E-state index is 0.161. The van der Waals surface area contributed by atoms with Crippen molar-refractivity contribution in [2.24, 2.45) is 0 Å². The molecule has 0 atom stereocenters. The van der Waals surface area contributed by atoms with Crippen molar-refractivity contribution in [1.29, 1.82) is 0 Å². The van der Waals surface area contributed by atoms with Gasteiger partial charge in [0.2, 0.25) is 0 Å². The molecule has 0 fully saturated rings. The fourth-order valence-electron chi connectivity index (χ4n) is 1.77. The number of pyridine rings is 1. The summed E-state index contributed by atoms with van der Waals surface area (Å²) in [7, 11) is 1.70. The molecule has 1 aromatic heterocycles. The molecule has 2 aromatic rings. The molecule has 0 aliphatic rings. The molecule has 4 heteroatoms. The maximum Gasteiger partial charge on any atom is 0.276 e. The highest BCUT2D eigenvalue weighted by Gasteiger charge is 2.17. The van der Waals surface area contributed by atoms with Crippen LogP contribution in [0.25, 0.3) is 0 Å². The summed E-state index contributed by atoms with van der Waals surface area (Å²) in [5.41, 5.74) is 8.42. The van der Waals surface area contributed by atoms with Gasteiger partial charge in [-0.15, -0.1) is 0 Å². The molecule has 2 rings (SSSR count). The zero-order valence-electron chi connectivity index (χ0n) is 10.4. The number of nitrogens with zero attached hydrogens (tertiary/aromatic N) is 2. The monoisotopic (exact) mass is 241 g/mol. The van der Waals surface area contributed by atoms with Gasteiger partial charge in [-0.25, -0.2) is 0 Å². The normalized spacial score (nSPS) is 10.1. The number of rotatable bonds is 2. The van der Waals surface area contributed by atoms with Gasteiger partial charge >= 0.3 is 0 Å². The molecule has 0 radical (unpaired) electrons. The van der Waals surface area contributed by atoms with Crippen molar-refractivity contribution in [3.63, 3.8) is 0 Å². The molecule has 1 heterocycles. The van der Waals surface area contributed by atoms with Crippen LogP contribution < -0.4 is 10.6 Å². The Morgan fingerprint density at radius 2 is 1.94 bits per heavy atom. The van der Waals surface area contributed by atoms with Gasteiger partial charge < -0.3 is 10.6 Å². The van der Waals surface area contributed by atoms with Crippen LogP contribution in [0.1, 0.15) is 16.1 Å². The van der Waals surface area contributed by atoms with Gasteiger partial charge in [-0.2, -0.15) is 0 Å². The van der Waals surface area contributed by atoms with Crippen molar-refractivity contribution in [3.05, 3.63) is 53.9 Å². The van der Waals surface area contributed by atoms with E-state index in [1.807, 2.05) is 37.3 Å². The number of aryl methyl sites for hydroxylation is 1. The van der Waals surface area contributed by atoms with Crippen LogP contribution >= 0.6 is 0 Å². The zero-order valence-corrected chi connectivity index (χ0v) is 10.4. The summed E-state index contributed by atoms with van der Waals surface area (Å²) < 4.78 is 0. The number of aromatic nitrogens is 1. The van der Waals surface area contributed by atoms with Gasteiger partial charge in [0.1, 0.15) is 5.69 Å². The first-order valence-corrected chi connectivity index (χ1v) is 5.65. The van der Waals surface area contributed by atoms with Crippen LogP contribution in [-0.4, -0.2) is 17.9 Å². The summed E-state index contributed by atoms with van der Waals surface area (Å²) in [6, 6.07) is 10.9. The van der Waals surface area contributed by atoms with Crippen molar-refractivity contribution < 1.29 is 4.79 Å². The van der Waals surface area contributed by atoms with Crippen LogP contribution in [0.2, 0.25) is 0 Å². The van der Waals surface area contributed by atoms with E-state index in [0.29, 0.717) is 17.1 Å². The van der Waals surface area contributed by atoms with E-state index in [0.717, 1.165) is 5.56 Å². The molecule has 0 aliphatic carbocycles. The van der Waals surface area contributed by atoms with E-state index in [9.17, 15) is 4.79 Å². The highest BCUT2D eigenvalue weighted by atomic mass is 16.2. The lowest BCUT2D eigenvalue weighted by molar-refractivity contribution is 0.0987. The van der Waals surface area contributed by atoms with Crippen LogP contribution in [0.5, 0.6) is 0 Å². The number of hydrogen-bond acceptors (Lipinski definition) is 3. The number of nitrogen functional groups attached to an aromatic ring is 1. The van der Waals surface area contributed by atoms with E-state index in [1.54, 1.807) is 19.3 Å². The summed E-state index contributed by atoms with van der Waals surface area (Å²) in [5, 5.41) is 0. The second-order valence-electron chi connectivity index (χ2n) is 4.09. The van der Waals surface area contributed by atoms with Crippen LogP contribution in [0, 0.1) is 6.92 Å². The van der Waals surface area contributed by atoms with Gasteiger partial charge in [-0.05, 0) is 30.7 Å². The Morgan fingerprint density at radius 1 is 1.22 bits per heavy atom. The quantitative estimate of drug-likeness (QED) is 0.820. The number of para-hydroxylation sites is 2. The van der Waals surface area contributed by atoms with Crippen molar-refractivity contribution in [3.8, 4) is 0 Å². The third kappa shape index (κ3) is 2.18. The number of nitrogens with two attached hydrogens (primary N) is 1. The number of hydrogen-bond donors (Lipinski definition) is 1. The minimum atomic E-state index is -0.161. The lowest BCUT2D eigenvalue weighted by Crippen LogP contribution is -2.28. The van der Waals surface area contributed by atoms with Crippen molar-refractivity contribution >= 4 is 17.3 Å². The lowest BCUT2D eigenvalue weighted by atomic mass is 10.2. The Balaban J connectivity index is 2.36. The molecule has 0 unspecified atom stereocenters. The van der Waals surface area contributed by atoms with Crippen molar-refractivity contribution in [1.82, 2.24) is 4.98 Å². The van der Waals surface area contributed by atoms with Crippen LogP contribution in [-0.2, 0) is 0 Å². The van der Waals surface area contributed by atoms with Crippen LogP contribution in [0.3, 0.4) is 0 Å². The average molecular weight is 241 g/mol. The first-order chi connectivity index (χ1) is 8.61. The van der Waals surface area contributed by atoms with Crippen LogP contribution in [0.4, 0.5) is 11.4 Å². The summed E-state index contributed by atoms with van der Waals surface area (Å²) >= 11 is 0. The zero-order chi connectivity index (χ0) is 13.1. The van der Waals surface area contributed by atoms with Crippen LogP contribution in [0.15, 0.2) is 42.6 Å². The number of amides is 1. The standard InChI is InChI=1S/C14H15N3O/c1-10-6-5-9-16-13(10)14(18)17(2)12-8-4-3-7-11(12)15/h3-9H,15H2,1-2H3. The Bertz CT molecular complexity index is 581. The number of anilines is 2. The fraction of sp³-hybridized carbons (Fsp3) is 0.143. The Labute approximate surface area is 106 Å². The Hall–Kier alpha value is -2.36. The molecule has 0 bridgehead atoms. The Morgan fingerprint density at radius 3 is 2.61 bits per heavy atom. The maximum atomic E-state index is 12.3. The summed E-state index contributed by atoms with van der Waals surface area (Å²) in [6.07, 6.45) is 1.61. The second-order valence-corrected chi connectivity index (χ2v) is 4.09. The van der Waals surface area contributed by atoms with Gasteiger partial charge in [0.05, 0.1) is 11.4 Å². The van der Waals surface area contributed by atoms with E-state index >= 15 is 0 Å². The molecule has 0 aliphatic heterocycles. The van der Waals surface area contributed by atoms with Crippen molar-refractivity contribution in [2.75, 3.05) is 17.7 Å². The van der Waals surface area contributed by atoms with Gasteiger partial charge in [0.25, 0.3) is 5.91 Å². The van der Waals surface area contributed by atoms with Gasteiger partial charge in [0.15, 0.2) is 0 Å². The SMILES string of the molecule is Cc1cccnc1C(=O)N(C)c1ccccc1N. The average Bonchev–Trinajstić information content (AvgIpc) is 2.38. The van der Waals surface area contributed by atoms with Crippen molar-refractivity contribution in [2.45, 2.75) is 6.92 Å². The number of benzene rings is 1. The molecule has 1 aromatic carbocycles. The van der Waals surface area contributed by atoms with E-state index in [4.69, 9.17) is 5.73 Å². The first kappa shape index (κ1) is 12.1. The molecular weight excluding hydrogens is 226 g/mol. The summed E-state index contributed by atoms with van der Waals surface area (Å²) in [4.78, 5) is 18.0. The third-order valence-electron chi connectivity index (χ3n) is 2.81. The minimum Gasteiger partial charge on any atom is -0.397 e. The highest BCUT2D eigenvalue weighted by molar-refractivity contribution is 6.06. The molecule has 18 heavy (non-hydrogen) atoms. The summed E-state index contributed by atoms with van der Waals surface area (Å²) in [6.45, 7) is 1.86. The predicted molar refractivity (Wildman–Crippen MR) is 72.6 cm³/mol. The summed E-state index contributed by atoms with van der Waals surface area (Å²) in [5.74, 6) is -0.161. The molecular formula is C14H15N3O. The molecule has 2 N–H and O–H groups in total. The topological polar surface area (TPSA) is 59.2 Å². The number of carbonyl (C=O) groups is 1. The molecule has 0 saturated heterocycles. The largest absolute Gasteiger partial charge is 0.397 e. The highest BCUT2D eigenvalue weighted by Crippen LogP contribution is 2.22. The van der Waals surface area contributed by atoms with Gasteiger partial charge in [0, 0.05) is 13.2 Å². The van der Waals surface area contributed by atoms with E-state index in [-0.39, 0.29) is 5.91 Å². The molecule has 0 saturated carbocycles. The van der Waals surface area contributed by atoms with Gasteiger partial charge in [-0.1, -0.05) is 18.2 Å². The first-order valence-electron chi connectivity index (χ1n) is 5.65. The third-order valence-corrected chi connectivity index (χ3v) is 2.81. The van der Waals surface area contributed by atoms with E-state index in [2.05, 4.69) is 4.98 Å². The Kier molecular flexibility index (Phi) is 3.28. The smallest absolute Gasteiger partial charge is 0.276 e. The van der Waals surface area contributed by atoms with Gasteiger partial charge in [-0.3, -0.25) is 9.78 Å². The second kappa shape index (κ2) is 4.87. The maximum absolute atomic E-state index is 12.3. The fourth-order valence-corrected chi connectivity index (χ4v) is 1.77.